The molecule has 5 nitrogen and oxygen atoms in total. The van der Waals surface area contributed by atoms with Crippen LogP contribution in [0.1, 0.15) is 23.1 Å². The van der Waals surface area contributed by atoms with Crippen LogP contribution in [0.15, 0.2) is 47.0 Å². The van der Waals surface area contributed by atoms with Gasteiger partial charge in [-0.3, -0.25) is 4.90 Å². The minimum absolute atomic E-state index is 0.132. The van der Waals surface area contributed by atoms with Gasteiger partial charge in [0.1, 0.15) is 11.6 Å². The first-order valence-corrected chi connectivity index (χ1v) is 8.77. The van der Waals surface area contributed by atoms with E-state index >= 15 is 0 Å². The second-order valence-corrected chi connectivity index (χ2v) is 6.62. The summed E-state index contributed by atoms with van der Waals surface area (Å²) in [7, 11) is 0. The summed E-state index contributed by atoms with van der Waals surface area (Å²) >= 11 is 0. The Hall–Kier alpha value is -2.64. The summed E-state index contributed by atoms with van der Waals surface area (Å²) in [6, 6.07) is 11.2. The van der Waals surface area contributed by atoms with Crippen molar-refractivity contribution in [3.63, 3.8) is 0 Å². The zero-order valence-corrected chi connectivity index (χ0v) is 14.9. The molecule has 0 unspecified atom stereocenters. The third kappa shape index (κ3) is 4.04. The van der Waals surface area contributed by atoms with E-state index in [1.165, 1.54) is 18.2 Å². The Labute approximate surface area is 155 Å². The number of aryl methyl sites for hydroxylation is 1. The van der Waals surface area contributed by atoms with Crippen molar-refractivity contribution in [2.45, 2.75) is 19.6 Å². The van der Waals surface area contributed by atoms with E-state index < -0.39 is 0 Å². The molecule has 1 fully saturated rings. The van der Waals surface area contributed by atoms with Gasteiger partial charge in [0.15, 0.2) is 0 Å². The van der Waals surface area contributed by atoms with E-state index in [4.69, 9.17) is 9.26 Å². The van der Waals surface area contributed by atoms with Crippen molar-refractivity contribution in [3.05, 3.63) is 71.1 Å². The van der Waals surface area contributed by atoms with Gasteiger partial charge in [0.05, 0.1) is 19.3 Å². The SMILES string of the molecule is Cc1ccc(-c2noc(CN3CCO[C@@H](c4ccc(F)cc4)C3)n2)cc1F. The van der Waals surface area contributed by atoms with Gasteiger partial charge < -0.3 is 9.26 Å². The molecule has 4 rings (SSSR count). The predicted molar refractivity (Wildman–Crippen MR) is 94.8 cm³/mol. The standard InChI is InChI=1S/C20H19F2N3O2/c1-13-2-3-15(10-17(13)22)20-23-19(27-24-20)12-25-8-9-26-18(11-25)14-4-6-16(21)7-5-14/h2-7,10,18H,8-9,11-12H2,1H3/t18-/m1/s1. The molecule has 0 aliphatic carbocycles. The third-order valence-corrected chi connectivity index (χ3v) is 4.65. The molecule has 1 atom stereocenters. The van der Waals surface area contributed by atoms with Crippen LogP contribution in [0.25, 0.3) is 11.4 Å². The highest BCUT2D eigenvalue weighted by molar-refractivity contribution is 5.54. The average molecular weight is 371 g/mol. The highest BCUT2D eigenvalue weighted by atomic mass is 19.1. The van der Waals surface area contributed by atoms with Crippen molar-refractivity contribution >= 4 is 0 Å². The van der Waals surface area contributed by atoms with Crippen molar-refractivity contribution in [1.82, 2.24) is 15.0 Å². The van der Waals surface area contributed by atoms with Gasteiger partial charge >= 0.3 is 0 Å². The number of morpholine rings is 1. The van der Waals surface area contributed by atoms with Gasteiger partial charge in [-0.2, -0.15) is 4.98 Å². The quantitative estimate of drug-likeness (QED) is 0.696. The average Bonchev–Trinajstić information content (AvgIpc) is 3.13. The fourth-order valence-corrected chi connectivity index (χ4v) is 3.08. The number of aromatic nitrogens is 2. The van der Waals surface area contributed by atoms with Gasteiger partial charge in [-0.05, 0) is 36.2 Å². The largest absolute Gasteiger partial charge is 0.371 e. The van der Waals surface area contributed by atoms with Crippen LogP contribution in [0.3, 0.4) is 0 Å². The molecule has 1 saturated heterocycles. The number of ether oxygens (including phenoxy) is 1. The fraction of sp³-hybridized carbons (Fsp3) is 0.300. The van der Waals surface area contributed by atoms with Crippen LogP contribution >= 0.6 is 0 Å². The first-order chi connectivity index (χ1) is 13.1. The Balaban J connectivity index is 1.44. The van der Waals surface area contributed by atoms with E-state index in [-0.39, 0.29) is 17.7 Å². The molecule has 7 heteroatoms. The van der Waals surface area contributed by atoms with E-state index in [1.54, 1.807) is 31.2 Å². The number of benzene rings is 2. The van der Waals surface area contributed by atoms with Crippen LogP contribution in [0.5, 0.6) is 0 Å². The Bertz CT molecular complexity index is 927. The summed E-state index contributed by atoms with van der Waals surface area (Å²) in [4.78, 5) is 6.52. The maximum atomic E-state index is 13.7. The van der Waals surface area contributed by atoms with Gasteiger partial charge in [0, 0.05) is 18.7 Å². The van der Waals surface area contributed by atoms with Crippen LogP contribution in [0, 0.1) is 18.6 Å². The third-order valence-electron chi connectivity index (χ3n) is 4.65. The van der Waals surface area contributed by atoms with Gasteiger partial charge in [-0.1, -0.05) is 29.4 Å². The van der Waals surface area contributed by atoms with Crippen LogP contribution < -0.4 is 0 Å². The molecule has 0 amide bonds. The van der Waals surface area contributed by atoms with E-state index in [1.807, 2.05) is 0 Å². The van der Waals surface area contributed by atoms with Crippen LogP contribution in [0.2, 0.25) is 0 Å². The molecular weight excluding hydrogens is 352 g/mol. The highest BCUT2D eigenvalue weighted by Gasteiger charge is 2.24. The maximum Gasteiger partial charge on any atom is 0.241 e. The molecule has 140 valence electrons. The van der Waals surface area contributed by atoms with E-state index in [0.717, 1.165) is 12.1 Å². The zero-order chi connectivity index (χ0) is 18.8. The lowest BCUT2D eigenvalue weighted by Crippen LogP contribution is -2.37. The fourth-order valence-electron chi connectivity index (χ4n) is 3.08. The van der Waals surface area contributed by atoms with E-state index in [9.17, 15) is 8.78 Å². The molecule has 2 aromatic carbocycles. The Morgan fingerprint density at radius 2 is 1.96 bits per heavy atom. The molecule has 27 heavy (non-hydrogen) atoms. The molecule has 1 aliphatic heterocycles. The Kier molecular flexibility index (Phi) is 4.96. The molecule has 1 aliphatic rings. The highest BCUT2D eigenvalue weighted by Crippen LogP contribution is 2.24. The van der Waals surface area contributed by atoms with Crippen molar-refractivity contribution in [1.29, 1.82) is 0 Å². The lowest BCUT2D eigenvalue weighted by molar-refractivity contribution is -0.0356. The molecular formula is C20H19F2N3O2. The van der Waals surface area contributed by atoms with Gasteiger partial charge in [-0.15, -0.1) is 0 Å². The lowest BCUT2D eigenvalue weighted by Gasteiger charge is -2.32. The predicted octanol–water partition coefficient (Wildman–Crippen LogP) is 3.90. The van der Waals surface area contributed by atoms with Crippen LogP contribution in [-0.2, 0) is 11.3 Å². The first kappa shape index (κ1) is 17.8. The summed E-state index contributed by atoms with van der Waals surface area (Å²) < 4.78 is 38.0. The Morgan fingerprint density at radius 1 is 1.15 bits per heavy atom. The molecule has 3 aromatic rings. The molecule has 0 radical (unpaired) electrons. The van der Waals surface area contributed by atoms with Gasteiger partial charge in [0.2, 0.25) is 11.7 Å². The van der Waals surface area contributed by atoms with Crippen molar-refractivity contribution in [3.8, 4) is 11.4 Å². The smallest absolute Gasteiger partial charge is 0.241 e. The summed E-state index contributed by atoms with van der Waals surface area (Å²) in [6.07, 6.45) is -0.132. The second kappa shape index (κ2) is 7.54. The minimum Gasteiger partial charge on any atom is -0.371 e. The summed E-state index contributed by atoms with van der Waals surface area (Å²) in [5.74, 6) is 0.268. The zero-order valence-electron chi connectivity index (χ0n) is 14.9. The van der Waals surface area contributed by atoms with E-state index in [0.29, 0.717) is 42.5 Å². The normalized spacial score (nSPS) is 18.0. The lowest BCUT2D eigenvalue weighted by atomic mass is 10.1. The van der Waals surface area contributed by atoms with Crippen molar-refractivity contribution in [2.75, 3.05) is 19.7 Å². The maximum absolute atomic E-state index is 13.7. The summed E-state index contributed by atoms with van der Waals surface area (Å²) in [5, 5.41) is 3.96. The molecule has 0 bridgehead atoms. The van der Waals surface area contributed by atoms with Crippen LogP contribution in [0.4, 0.5) is 8.78 Å². The number of rotatable bonds is 4. The van der Waals surface area contributed by atoms with Crippen LogP contribution in [-0.4, -0.2) is 34.7 Å². The second-order valence-electron chi connectivity index (χ2n) is 6.62. The minimum atomic E-state index is -0.297. The topological polar surface area (TPSA) is 51.4 Å². The number of hydrogen-bond donors (Lipinski definition) is 0. The number of nitrogens with zero attached hydrogens (tertiary/aromatic N) is 3. The van der Waals surface area contributed by atoms with E-state index in [2.05, 4.69) is 15.0 Å². The molecule has 0 spiro atoms. The molecule has 0 saturated carbocycles. The van der Waals surface area contributed by atoms with Crippen molar-refractivity contribution < 1.29 is 18.0 Å². The molecule has 2 heterocycles. The number of hydrogen-bond acceptors (Lipinski definition) is 5. The van der Waals surface area contributed by atoms with Crippen molar-refractivity contribution in [2.24, 2.45) is 0 Å². The summed E-state index contributed by atoms with van der Waals surface area (Å²) in [6.45, 7) is 4.11. The number of halogens is 2. The van der Waals surface area contributed by atoms with Gasteiger partial charge in [-0.25, -0.2) is 8.78 Å². The Morgan fingerprint density at radius 3 is 2.74 bits per heavy atom. The first-order valence-electron chi connectivity index (χ1n) is 8.77. The molecule has 1 aromatic heterocycles. The monoisotopic (exact) mass is 371 g/mol. The summed E-state index contributed by atoms with van der Waals surface area (Å²) in [5.41, 5.74) is 2.09. The van der Waals surface area contributed by atoms with Gasteiger partial charge in [0.25, 0.3) is 0 Å². The molecule has 0 N–H and O–H groups in total.